The van der Waals surface area contributed by atoms with Crippen LogP contribution in [0.2, 0.25) is 0 Å². The van der Waals surface area contributed by atoms with Gasteiger partial charge < -0.3 is 15.8 Å². The Hall–Kier alpha value is -3.13. The van der Waals surface area contributed by atoms with Gasteiger partial charge in [0.05, 0.1) is 5.56 Å². The van der Waals surface area contributed by atoms with Crippen molar-refractivity contribution in [1.29, 1.82) is 0 Å². The van der Waals surface area contributed by atoms with Gasteiger partial charge in [0.1, 0.15) is 5.75 Å². The van der Waals surface area contributed by atoms with Gasteiger partial charge in [-0.25, -0.2) is 0 Å². The van der Waals surface area contributed by atoms with Gasteiger partial charge in [-0.2, -0.15) is 0 Å². The van der Waals surface area contributed by atoms with Crippen molar-refractivity contribution < 1.29 is 14.3 Å². The SMILES string of the molecule is CC(C)c1ccc(NC(=S)NNC(=O)COc2ccccc2C(N)=O)cc1. The molecule has 0 aliphatic heterocycles. The van der Waals surface area contributed by atoms with Crippen molar-refractivity contribution in [2.75, 3.05) is 11.9 Å². The first-order valence-corrected chi connectivity index (χ1v) is 8.75. The molecule has 0 radical (unpaired) electrons. The number of nitrogens with one attached hydrogen (secondary N) is 3. The molecule has 0 heterocycles. The highest BCUT2D eigenvalue weighted by Gasteiger charge is 2.10. The molecule has 0 bridgehead atoms. The number of carbonyl (C=O) groups excluding carboxylic acids is 2. The number of ether oxygens (including phenoxy) is 1. The fraction of sp³-hybridized carbons (Fsp3) is 0.211. The van der Waals surface area contributed by atoms with E-state index in [4.69, 9.17) is 22.7 Å². The predicted octanol–water partition coefficient (Wildman–Crippen LogP) is 2.31. The minimum absolute atomic E-state index is 0.209. The summed E-state index contributed by atoms with van der Waals surface area (Å²) in [6, 6.07) is 14.3. The summed E-state index contributed by atoms with van der Waals surface area (Å²) >= 11 is 5.13. The minimum Gasteiger partial charge on any atom is -0.483 e. The van der Waals surface area contributed by atoms with Gasteiger partial charge >= 0.3 is 0 Å². The second-order valence-corrected chi connectivity index (χ2v) is 6.46. The molecule has 0 aromatic heterocycles. The number of amides is 2. The first-order chi connectivity index (χ1) is 12.9. The standard InChI is InChI=1S/C19H22N4O3S/c1-12(2)13-7-9-14(10-8-13)21-19(27)23-22-17(24)11-26-16-6-4-3-5-15(16)18(20)25/h3-10,12H,11H2,1-2H3,(H2,20,25)(H,22,24)(H2,21,23,27). The first-order valence-electron chi connectivity index (χ1n) is 8.34. The van der Waals surface area contributed by atoms with Gasteiger partial charge in [0.15, 0.2) is 11.7 Å². The highest BCUT2D eigenvalue weighted by Crippen LogP contribution is 2.17. The molecule has 2 amide bonds. The number of rotatable bonds is 6. The largest absolute Gasteiger partial charge is 0.483 e. The van der Waals surface area contributed by atoms with E-state index in [9.17, 15) is 9.59 Å². The molecule has 2 rings (SSSR count). The Kier molecular flexibility index (Phi) is 7.13. The molecule has 0 saturated heterocycles. The van der Waals surface area contributed by atoms with Crippen LogP contribution in [0.4, 0.5) is 5.69 Å². The maximum absolute atomic E-state index is 11.9. The lowest BCUT2D eigenvalue weighted by atomic mass is 10.0. The van der Waals surface area contributed by atoms with Crippen molar-refractivity contribution in [2.45, 2.75) is 19.8 Å². The Morgan fingerprint density at radius 1 is 1.07 bits per heavy atom. The number of hydrogen-bond donors (Lipinski definition) is 4. The summed E-state index contributed by atoms with van der Waals surface area (Å²) in [4.78, 5) is 23.2. The molecule has 5 N–H and O–H groups in total. The van der Waals surface area contributed by atoms with Crippen LogP contribution in [0.5, 0.6) is 5.75 Å². The van der Waals surface area contributed by atoms with Crippen LogP contribution >= 0.6 is 12.2 Å². The van der Waals surface area contributed by atoms with E-state index in [2.05, 4.69) is 30.0 Å². The van der Waals surface area contributed by atoms with Crippen LogP contribution in [-0.4, -0.2) is 23.5 Å². The third kappa shape index (κ3) is 6.27. The van der Waals surface area contributed by atoms with Gasteiger partial charge in [-0.1, -0.05) is 38.1 Å². The predicted molar refractivity (Wildman–Crippen MR) is 108 cm³/mol. The highest BCUT2D eigenvalue weighted by atomic mass is 32.1. The van der Waals surface area contributed by atoms with E-state index >= 15 is 0 Å². The summed E-state index contributed by atoms with van der Waals surface area (Å²) in [7, 11) is 0. The summed E-state index contributed by atoms with van der Waals surface area (Å²) in [6.07, 6.45) is 0. The fourth-order valence-corrected chi connectivity index (χ4v) is 2.38. The molecule has 0 fully saturated rings. The monoisotopic (exact) mass is 386 g/mol. The average molecular weight is 386 g/mol. The molecule has 0 saturated carbocycles. The first kappa shape index (κ1) is 20.2. The van der Waals surface area contributed by atoms with Crippen LogP contribution in [0, 0.1) is 0 Å². The van der Waals surface area contributed by atoms with Gasteiger partial charge in [0, 0.05) is 5.69 Å². The summed E-state index contributed by atoms with van der Waals surface area (Å²) in [6.45, 7) is 3.94. The van der Waals surface area contributed by atoms with Gasteiger partial charge in [-0.05, 0) is 48.0 Å². The van der Waals surface area contributed by atoms with Crippen molar-refractivity contribution in [3.63, 3.8) is 0 Å². The second-order valence-electron chi connectivity index (χ2n) is 6.05. The van der Waals surface area contributed by atoms with Crippen molar-refractivity contribution in [1.82, 2.24) is 10.9 Å². The quantitative estimate of drug-likeness (QED) is 0.448. The number of nitrogens with two attached hydrogens (primary N) is 1. The number of benzene rings is 2. The molecule has 7 nitrogen and oxygen atoms in total. The molecule has 27 heavy (non-hydrogen) atoms. The average Bonchev–Trinajstić information content (AvgIpc) is 2.65. The minimum atomic E-state index is -0.627. The Bertz CT molecular complexity index is 822. The fourth-order valence-electron chi connectivity index (χ4n) is 2.22. The molecule has 142 valence electrons. The van der Waals surface area contributed by atoms with Crippen LogP contribution in [-0.2, 0) is 4.79 Å². The molecule has 2 aromatic rings. The Morgan fingerprint density at radius 3 is 2.37 bits per heavy atom. The third-order valence-electron chi connectivity index (χ3n) is 3.66. The molecule has 0 aliphatic carbocycles. The zero-order valence-corrected chi connectivity index (χ0v) is 15.9. The van der Waals surface area contributed by atoms with E-state index in [1.807, 2.05) is 24.3 Å². The Morgan fingerprint density at radius 2 is 1.74 bits per heavy atom. The molecular formula is C19H22N4O3S. The molecular weight excluding hydrogens is 364 g/mol. The Labute approximate surface area is 163 Å². The van der Waals surface area contributed by atoms with Gasteiger partial charge in [-0.3, -0.25) is 20.4 Å². The van der Waals surface area contributed by atoms with Gasteiger partial charge in [0.2, 0.25) is 0 Å². The topological polar surface area (TPSA) is 105 Å². The van der Waals surface area contributed by atoms with Crippen LogP contribution in [0.15, 0.2) is 48.5 Å². The van der Waals surface area contributed by atoms with Crippen molar-refractivity contribution in [3.05, 3.63) is 59.7 Å². The van der Waals surface area contributed by atoms with Gasteiger partial charge in [-0.15, -0.1) is 0 Å². The zero-order valence-electron chi connectivity index (χ0n) is 15.1. The van der Waals surface area contributed by atoms with Crippen LogP contribution < -0.4 is 26.6 Å². The summed E-state index contributed by atoms with van der Waals surface area (Å²) in [5.41, 5.74) is 12.5. The van der Waals surface area contributed by atoms with Crippen molar-refractivity contribution in [2.24, 2.45) is 5.73 Å². The number of hydrazine groups is 1. The summed E-state index contributed by atoms with van der Waals surface area (Å²) in [5.74, 6) is -0.402. The van der Waals surface area contributed by atoms with Crippen LogP contribution in [0.25, 0.3) is 0 Å². The molecule has 8 heteroatoms. The van der Waals surface area contributed by atoms with Crippen LogP contribution in [0.3, 0.4) is 0 Å². The third-order valence-corrected chi connectivity index (χ3v) is 3.87. The summed E-state index contributed by atoms with van der Waals surface area (Å²) in [5, 5.41) is 3.20. The lowest BCUT2D eigenvalue weighted by molar-refractivity contribution is -0.123. The summed E-state index contributed by atoms with van der Waals surface area (Å²) < 4.78 is 5.33. The number of thiocarbonyl (C=S) groups is 1. The zero-order chi connectivity index (χ0) is 19.8. The molecule has 0 atom stereocenters. The number of para-hydroxylation sites is 1. The van der Waals surface area contributed by atoms with E-state index in [-0.39, 0.29) is 23.0 Å². The number of primary amides is 1. The number of anilines is 1. The highest BCUT2D eigenvalue weighted by molar-refractivity contribution is 7.80. The second kappa shape index (κ2) is 9.54. The molecule has 0 spiro atoms. The normalized spacial score (nSPS) is 10.2. The lowest BCUT2D eigenvalue weighted by Gasteiger charge is -2.13. The number of carbonyl (C=O) groups is 2. The lowest BCUT2D eigenvalue weighted by Crippen LogP contribution is -2.45. The smallest absolute Gasteiger partial charge is 0.276 e. The maximum Gasteiger partial charge on any atom is 0.276 e. The van der Waals surface area contributed by atoms with E-state index in [0.717, 1.165) is 5.69 Å². The van der Waals surface area contributed by atoms with E-state index in [1.54, 1.807) is 18.2 Å². The molecule has 2 aromatic carbocycles. The van der Waals surface area contributed by atoms with E-state index in [1.165, 1.54) is 11.6 Å². The molecule has 0 unspecified atom stereocenters. The molecule has 0 aliphatic rings. The van der Waals surface area contributed by atoms with Crippen molar-refractivity contribution >= 4 is 34.8 Å². The van der Waals surface area contributed by atoms with Crippen molar-refractivity contribution in [3.8, 4) is 5.75 Å². The maximum atomic E-state index is 11.9. The van der Waals surface area contributed by atoms with E-state index < -0.39 is 11.8 Å². The number of hydrogen-bond acceptors (Lipinski definition) is 4. The van der Waals surface area contributed by atoms with Crippen LogP contribution in [0.1, 0.15) is 35.7 Å². The van der Waals surface area contributed by atoms with E-state index in [0.29, 0.717) is 5.92 Å². The Balaban J connectivity index is 1.78. The van der Waals surface area contributed by atoms with Gasteiger partial charge in [0.25, 0.3) is 11.8 Å².